The first kappa shape index (κ1) is 17.8. The van der Waals surface area contributed by atoms with Gasteiger partial charge in [-0.3, -0.25) is 4.99 Å². The molecule has 0 atom stereocenters. The van der Waals surface area contributed by atoms with Crippen LogP contribution in [0.2, 0.25) is 0 Å². The van der Waals surface area contributed by atoms with Crippen LogP contribution < -0.4 is 11.1 Å². The van der Waals surface area contributed by atoms with Gasteiger partial charge in [-0.15, -0.1) is 0 Å². The minimum Gasteiger partial charge on any atom is -0.370 e. The zero-order valence-corrected chi connectivity index (χ0v) is 14.6. The maximum absolute atomic E-state index is 5.96. The molecule has 0 aromatic heterocycles. The summed E-state index contributed by atoms with van der Waals surface area (Å²) >= 11 is 0. The van der Waals surface area contributed by atoms with E-state index in [1.165, 1.54) is 31.6 Å². The minimum atomic E-state index is 0.504. The molecule has 128 valence electrons. The van der Waals surface area contributed by atoms with Crippen LogP contribution in [-0.2, 0) is 6.42 Å². The summed E-state index contributed by atoms with van der Waals surface area (Å²) in [5.41, 5.74) is 8.28. The highest BCUT2D eigenvalue weighted by Gasteiger charge is 2.10. The Bertz CT molecular complexity index is 483. The van der Waals surface area contributed by atoms with Gasteiger partial charge in [0, 0.05) is 25.3 Å². The Hall–Kier alpha value is -1.59. The molecule has 3 N–H and O–H groups in total. The molecule has 0 saturated carbocycles. The standard InChI is InChI=1S/C18H31N5/c1-3-16-6-8-17(9-7-16)21-18(19)20-10-4-12-23-13-5-11-22(2)14-15-23/h6-9H,3-5,10-15H2,1-2H3,(H3,19,20,21). The summed E-state index contributed by atoms with van der Waals surface area (Å²) < 4.78 is 0. The normalized spacial score (nSPS) is 17.9. The molecule has 1 heterocycles. The van der Waals surface area contributed by atoms with Crippen LogP contribution >= 0.6 is 0 Å². The van der Waals surface area contributed by atoms with E-state index in [0.29, 0.717) is 5.96 Å². The Morgan fingerprint density at radius 3 is 2.70 bits per heavy atom. The van der Waals surface area contributed by atoms with Gasteiger partial charge in [-0.05, 0) is 63.6 Å². The van der Waals surface area contributed by atoms with Crippen molar-refractivity contribution in [3.63, 3.8) is 0 Å². The molecule has 1 aromatic rings. The van der Waals surface area contributed by atoms with Gasteiger partial charge in [0.2, 0.25) is 0 Å². The number of nitrogens with zero attached hydrogens (tertiary/aromatic N) is 3. The van der Waals surface area contributed by atoms with E-state index in [0.717, 1.165) is 38.2 Å². The SMILES string of the molecule is CCc1ccc(NC(N)=NCCCN2CCCN(C)CC2)cc1. The molecule has 5 heteroatoms. The summed E-state index contributed by atoms with van der Waals surface area (Å²) in [7, 11) is 2.20. The second-order valence-corrected chi connectivity index (χ2v) is 6.29. The molecular formula is C18H31N5. The number of hydrogen-bond acceptors (Lipinski definition) is 3. The minimum absolute atomic E-state index is 0.504. The smallest absolute Gasteiger partial charge is 0.193 e. The van der Waals surface area contributed by atoms with Crippen LogP contribution in [0.5, 0.6) is 0 Å². The third kappa shape index (κ3) is 6.59. The molecule has 0 spiro atoms. The Morgan fingerprint density at radius 1 is 1.17 bits per heavy atom. The first-order valence-corrected chi connectivity index (χ1v) is 8.74. The summed E-state index contributed by atoms with van der Waals surface area (Å²) in [5.74, 6) is 0.504. The Kier molecular flexibility index (Phi) is 7.36. The van der Waals surface area contributed by atoms with E-state index in [2.05, 4.69) is 58.3 Å². The van der Waals surface area contributed by atoms with Crippen molar-refractivity contribution in [3.05, 3.63) is 29.8 Å². The predicted molar refractivity (Wildman–Crippen MR) is 99.1 cm³/mol. The third-order valence-corrected chi connectivity index (χ3v) is 4.36. The van der Waals surface area contributed by atoms with Crippen LogP contribution in [0.4, 0.5) is 5.69 Å². The van der Waals surface area contributed by atoms with Crippen LogP contribution in [0.15, 0.2) is 29.3 Å². The van der Waals surface area contributed by atoms with Crippen molar-refractivity contribution in [3.8, 4) is 0 Å². The lowest BCUT2D eigenvalue weighted by Crippen LogP contribution is -2.30. The van der Waals surface area contributed by atoms with Gasteiger partial charge in [0.05, 0.1) is 0 Å². The predicted octanol–water partition coefficient (Wildman–Crippen LogP) is 2.00. The molecule has 23 heavy (non-hydrogen) atoms. The maximum Gasteiger partial charge on any atom is 0.193 e. The molecule has 1 fully saturated rings. The molecule has 0 bridgehead atoms. The third-order valence-electron chi connectivity index (χ3n) is 4.36. The molecule has 0 aliphatic carbocycles. The van der Waals surface area contributed by atoms with Gasteiger partial charge in [-0.2, -0.15) is 0 Å². The van der Waals surface area contributed by atoms with Crippen molar-refractivity contribution in [1.82, 2.24) is 9.80 Å². The van der Waals surface area contributed by atoms with Gasteiger partial charge in [-0.1, -0.05) is 19.1 Å². The number of guanidine groups is 1. The van der Waals surface area contributed by atoms with Crippen LogP contribution in [0.1, 0.15) is 25.3 Å². The molecule has 1 aliphatic heterocycles. The summed E-state index contributed by atoms with van der Waals surface area (Å²) in [4.78, 5) is 9.37. The fourth-order valence-electron chi connectivity index (χ4n) is 2.83. The van der Waals surface area contributed by atoms with Crippen molar-refractivity contribution in [2.75, 3.05) is 51.6 Å². The summed E-state index contributed by atoms with van der Waals surface area (Å²) in [6.45, 7) is 8.78. The molecule has 2 rings (SSSR count). The Labute approximate surface area is 140 Å². The van der Waals surface area contributed by atoms with Crippen LogP contribution in [-0.4, -0.2) is 62.1 Å². The quantitative estimate of drug-likeness (QED) is 0.479. The number of likely N-dealkylation sites (N-methyl/N-ethyl adjacent to an activating group) is 1. The maximum atomic E-state index is 5.96. The molecule has 0 radical (unpaired) electrons. The lowest BCUT2D eigenvalue weighted by atomic mass is 10.1. The lowest BCUT2D eigenvalue weighted by Gasteiger charge is -2.19. The van der Waals surface area contributed by atoms with E-state index in [1.807, 2.05) is 0 Å². The summed E-state index contributed by atoms with van der Waals surface area (Å²) in [5, 5.41) is 3.15. The topological polar surface area (TPSA) is 56.9 Å². The van der Waals surface area contributed by atoms with Crippen molar-refractivity contribution in [1.29, 1.82) is 0 Å². The van der Waals surface area contributed by atoms with Crippen molar-refractivity contribution < 1.29 is 0 Å². The highest BCUT2D eigenvalue weighted by Crippen LogP contribution is 2.09. The van der Waals surface area contributed by atoms with Gasteiger partial charge in [0.25, 0.3) is 0 Å². The highest BCUT2D eigenvalue weighted by atomic mass is 15.2. The second kappa shape index (κ2) is 9.53. The molecule has 0 amide bonds. The largest absolute Gasteiger partial charge is 0.370 e. The molecule has 1 aliphatic rings. The van der Waals surface area contributed by atoms with Gasteiger partial charge >= 0.3 is 0 Å². The van der Waals surface area contributed by atoms with Gasteiger partial charge in [0.15, 0.2) is 5.96 Å². The highest BCUT2D eigenvalue weighted by molar-refractivity contribution is 5.92. The van der Waals surface area contributed by atoms with Crippen molar-refractivity contribution in [2.24, 2.45) is 10.7 Å². The number of anilines is 1. The van der Waals surface area contributed by atoms with Gasteiger partial charge in [0.1, 0.15) is 0 Å². The Morgan fingerprint density at radius 2 is 1.96 bits per heavy atom. The number of nitrogens with one attached hydrogen (secondary N) is 1. The number of rotatable bonds is 6. The zero-order chi connectivity index (χ0) is 16.5. The lowest BCUT2D eigenvalue weighted by molar-refractivity contribution is 0.275. The Balaban J connectivity index is 1.67. The van der Waals surface area contributed by atoms with Gasteiger partial charge in [-0.25, -0.2) is 0 Å². The molecular weight excluding hydrogens is 286 g/mol. The monoisotopic (exact) mass is 317 g/mol. The van der Waals surface area contributed by atoms with Crippen molar-refractivity contribution >= 4 is 11.6 Å². The number of aryl methyl sites for hydroxylation is 1. The number of aliphatic imine (C=N–C) groups is 1. The average molecular weight is 317 g/mol. The first-order chi connectivity index (χ1) is 11.2. The van der Waals surface area contributed by atoms with E-state index in [-0.39, 0.29) is 0 Å². The van der Waals surface area contributed by atoms with E-state index in [9.17, 15) is 0 Å². The summed E-state index contributed by atoms with van der Waals surface area (Å²) in [6, 6.07) is 8.34. The fourth-order valence-corrected chi connectivity index (χ4v) is 2.83. The zero-order valence-electron chi connectivity index (χ0n) is 14.6. The molecule has 5 nitrogen and oxygen atoms in total. The first-order valence-electron chi connectivity index (χ1n) is 8.74. The van der Waals surface area contributed by atoms with Crippen LogP contribution in [0.25, 0.3) is 0 Å². The van der Waals surface area contributed by atoms with Gasteiger partial charge < -0.3 is 20.9 Å². The number of benzene rings is 1. The average Bonchev–Trinajstić information content (AvgIpc) is 2.77. The van der Waals surface area contributed by atoms with Crippen molar-refractivity contribution in [2.45, 2.75) is 26.2 Å². The van der Waals surface area contributed by atoms with E-state index in [4.69, 9.17) is 5.73 Å². The van der Waals surface area contributed by atoms with Crippen LogP contribution in [0, 0.1) is 0 Å². The van der Waals surface area contributed by atoms with E-state index < -0.39 is 0 Å². The van der Waals surface area contributed by atoms with E-state index >= 15 is 0 Å². The number of nitrogens with two attached hydrogens (primary N) is 1. The molecule has 1 saturated heterocycles. The fraction of sp³-hybridized carbons (Fsp3) is 0.611. The molecule has 0 unspecified atom stereocenters. The second-order valence-electron chi connectivity index (χ2n) is 6.29. The number of hydrogen-bond donors (Lipinski definition) is 2. The summed E-state index contributed by atoms with van der Waals surface area (Å²) in [6.07, 6.45) is 3.37. The molecule has 1 aromatic carbocycles. The van der Waals surface area contributed by atoms with E-state index in [1.54, 1.807) is 0 Å². The van der Waals surface area contributed by atoms with Crippen LogP contribution in [0.3, 0.4) is 0 Å².